The molecule has 0 N–H and O–H groups in total. The van der Waals surface area contributed by atoms with Crippen molar-refractivity contribution in [2.45, 2.75) is 52.5 Å². The van der Waals surface area contributed by atoms with Crippen molar-refractivity contribution in [3.05, 3.63) is 11.6 Å². The molecule has 0 aromatic heterocycles. The van der Waals surface area contributed by atoms with Crippen molar-refractivity contribution in [2.24, 2.45) is 0 Å². The lowest BCUT2D eigenvalue weighted by Crippen LogP contribution is -2.41. The van der Waals surface area contributed by atoms with Crippen molar-refractivity contribution >= 4 is 18.3 Å². The molecule has 0 aromatic carbocycles. The number of carbonyl (C=O) groups is 1. The van der Waals surface area contributed by atoms with Crippen molar-refractivity contribution in [1.82, 2.24) is 9.80 Å². The summed E-state index contributed by atoms with van der Waals surface area (Å²) in [6.07, 6.45) is 6.84. The highest BCUT2D eigenvalue weighted by atomic mass is 35.5. The molecular formula is C15H29ClN2O. The molecule has 0 radical (unpaired) electrons. The van der Waals surface area contributed by atoms with E-state index in [-0.39, 0.29) is 18.3 Å². The second-order valence-electron chi connectivity index (χ2n) is 5.70. The van der Waals surface area contributed by atoms with Crippen LogP contribution in [0.3, 0.4) is 0 Å². The first-order valence-electron chi connectivity index (χ1n) is 7.12. The highest BCUT2D eigenvalue weighted by molar-refractivity contribution is 5.85. The Morgan fingerprint density at radius 3 is 2.42 bits per heavy atom. The summed E-state index contributed by atoms with van der Waals surface area (Å²) in [6, 6.07) is 0.329. The van der Waals surface area contributed by atoms with E-state index in [2.05, 4.69) is 31.7 Å². The first-order valence-corrected chi connectivity index (χ1v) is 7.12. The molecule has 1 amide bonds. The smallest absolute Gasteiger partial charge is 0.236 e. The molecule has 0 aromatic rings. The first kappa shape index (κ1) is 18.5. The lowest BCUT2D eigenvalue weighted by molar-refractivity contribution is -0.132. The minimum atomic E-state index is 0. The van der Waals surface area contributed by atoms with E-state index in [0.717, 1.165) is 25.9 Å². The average molecular weight is 289 g/mol. The summed E-state index contributed by atoms with van der Waals surface area (Å²) in [4.78, 5) is 16.3. The number of likely N-dealkylation sites (tertiary alicyclic amines) is 1. The second kappa shape index (κ2) is 9.38. The normalized spacial score (nSPS) is 16.6. The van der Waals surface area contributed by atoms with Gasteiger partial charge in [-0.25, -0.2) is 0 Å². The molecule has 1 saturated heterocycles. The number of halogens is 1. The van der Waals surface area contributed by atoms with E-state index in [9.17, 15) is 4.79 Å². The Morgan fingerprint density at radius 1 is 1.32 bits per heavy atom. The van der Waals surface area contributed by atoms with Crippen LogP contribution in [-0.2, 0) is 4.79 Å². The maximum absolute atomic E-state index is 12.1. The molecule has 1 rings (SSSR count). The standard InChI is InChI=1S/C15H28N2O.ClH/c1-13(2)8-7-9-14(3)16(4)15(18)12-17-10-5-6-11-17;/h8,14H,5-7,9-12H2,1-4H3;1H. The third kappa shape index (κ3) is 6.98. The fourth-order valence-electron chi connectivity index (χ4n) is 2.30. The number of carbonyl (C=O) groups excluding carboxylic acids is 1. The largest absolute Gasteiger partial charge is 0.342 e. The summed E-state index contributed by atoms with van der Waals surface area (Å²) < 4.78 is 0. The van der Waals surface area contributed by atoms with Gasteiger partial charge in [0.2, 0.25) is 5.91 Å². The van der Waals surface area contributed by atoms with Gasteiger partial charge in [0, 0.05) is 13.1 Å². The monoisotopic (exact) mass is 288 g/mol. The Balaban J connectivity index is 0.00000324. The van der Waals surface area contributed by atoms with Crippen molar-refractivity contribution in [3.8, 4) is 0 Å². The van der Waals surface area contributed by atoms with E-state index in [1.165, 1.54) is 18.4 Å². The van der Waals surface area contributed by atoms with Gasteiger partial charge in [0.15, 0.2) is 0 Å². The zero-order valence-electron chi connectivity index (χ0n) is 12.8. The molecule has 0 saturated carbocycles. The van der Waals surface area contributed by atoms with Gasteiger partial charge < -0.3 is 4.90 Å². The van der Waals surface area contributed by atoms with Crippen LogP contribution in [0, 0.1) is 0 Å². The molecule has 1 unspecified atom stereocenters. The Kier molecular flexibility index (Phi) is 9.11. The van der Waals surface area contributed by atoms with Gasteiger partial charge >= 0.3 is 0 Å². The average Bonchev–Trinajstić information content (AvgIpc) is 2.80. The van der Waals surface area contributed by atoms with E-state index in [1.54, 1.807) is 0 Å². The predicted octanol–water partition coefficient (Wildman–Crippen LogP) is 3.10. The maximum atomic E-state index is 12.1. The quantitative estimate of drug-likeness (QED) is 0.701. The van der Waals surface area contributed by atoms with Gasteiger partial charge in [0.25, 0.3) is 0 Å². The van der Waals surface area contributed by atoms with Crippen LogP contribution >= 0.6 is 12.4 Å². The zero-order valence-corrected chi connectivity index (χ0v) is 13.6. The molecule has 0 aliphatic carbocycles. The summed E-state index contributed by atoms with van der Waals surface area (Å²) in [5.41, 5.74) is 1.35. The molecule has 0 bridgehead atoms. The van der Waals surface area contributed by atoms with Crippen LogP contribution in [0.1, 0.15) is 46.5 Å². The maximum Gasteiger partial charge on any atom is 0.236 e. The summed E-state index contributed by atoms with van der Waals surface area (Å²) in [6.45, 7) is 9.15. The Labute approximate surface area is 124 Å². The van der Waals surface area contributed by atoms with Crippen LogP contribution in [0.25, 0.3) is 0 Å². The number of hydrogen-bond donors (Lipinski definition) is 0. The lowest BCUT2D eigenvalue weighted by atomic mass is 10.1. The molecule has 1 atom stereocenters. The Morgan fingerprint density at radius 2 is 1.89 bits per heavy atom. The van der Waals surface area contributed by atoms with Crippen LogP contribution in [0.4, 0.5) is 0 Å². The van der Waals surface area contributed by atoms with Crippen molar-refractivity contribution in [1.29, 1.82) is 0 Å². The first-order chi connectivity index (χ1) is 8.50. The van der Waals surface area contributed by atoms with Crippen LogP contribution in [-0.4, -0.2) is 48.4 Å². The third-order valence-electron chi connectivity index (χ3n) is 3.75. The molecule has 1 aliphatic heterocycles. The Bertz CT molecular complexity index is 295. The molecule has 1 aliphatic rings. The molecule has 0 spiro atoms. The SMILES string of the molecule is CC(C)=CCCC(C)N(C)C(=O)CN1CCCC1.Cl. The second-order valence-corrected chi connectivity index (χ2v) is 5.70. The van der Waals surface area contributed by atoms with Gasteiger partial charge in [-0.2, -0.15) is 0 Å². The van der Waals surface area contributed by atoms with E-state index in [0.29, 0.717) is 12.6 Å². The van der Waals surface area contributed by atoms with Crippen LogP contribution in [0.2, 0.25) is 0 Å². The van der Waals surface area contributed by atoms with Gasteiger partial charge in [-0.1, -0.05) is 11.6 Å². The van der Waals surface area contributed by atoms with E-state index in [4.69, 9.17) is 0 Å². The van der Waals surface area contributed by atoms with Gasteiger partial charge in [-0.05, 0) is 59.5 Å². The number of rotatable bonds is 6. The topological polar surface area (TPSA) is 23.6 Å². The molecule has 1 fully saturated rings. The summed E-state index contributed by atoms with van der Waals surface area (Å²) in [5, 5.41) is 0. The van der Waals surface area contributed by atoms with Gasteiger partial charge in [-0.15, -0.1) is 12.4 Å². The number of allylic oxidation sites excluding steroid dienone is 2. The number of hydrogen-bond acceptors (Lipinski definition) is 2. The number of likely N-dealkylation sites (N-methyl/N-ethyl adjacent to an activating group) is 1. The third-order valence-corrected chi connectivity index (χ3v) is 3.75. The van der Waals surface area contributed by atoms with Gasteiger partial charge in [-0.3, -0.25) is 9.69 Å². The van der Waals surface area contributed by atoms with E-state index < -0.39 is 0 Å². The molecule has 1 heterocycles. The van der Waals surface area contributed by atoms with E-state index in [1.807, 2.05) is 11.9 Å². The zero-order chi connectivity index (χ0) is 13.5. The molecule has 3 nitrogen and oxygen atoms in total. The highest BCUT2D eigenvalue weighted by Crippen LogP contribution is 2.10. The predicted molar refractivity (Wildman–Crippen MR) is 83.8 cm³/mol. The minimum absolute atomic E-state index is 0. The molecule has 4 heteroatoms. The fraction of sp³-hybridized carbons (Fsp3) is 0.800. The van der Waals surface area contributed by atoms with Crippen LogP contribution in [0.15, 0.2) is 11.6 Å². The number of amides is 1. The lowest BCUT2D eigenvalue weighted by Gasteiger charge is -2.27. The summed E-state index contributed by atoms with van der Waals surface area (Å²) in [5.74, 6) is 0.265. The van der Waals surface area contributed by atoms with Gasteiger partial charge in [0.05, 0.1) is 6.54 Å². The summed E-state index contributed by atoms with van der Waals surface area (Å²) in [7, 11) is 1.94. The van der Waals surface area contributed by atoms with E-state index >= 15 is 0 Å². The Hall–Kier alpha value is -0.540. The molecule has 112 valence electrons. The highest BCUT2D eigenvalue weighted by Gasteiger charge is 2.20. The fourth-order valence-corrected chi connectivity index (χ4v) is 2.30. The van der Waals surface area contributed by atoms with Crippen LogP contribution < -0.4 is 0 Å². The molecule has 19 heavy (non-hydrogen) atoms. The molecular weight excluding hydrogens is 260 g/mol. The minimum Gasteiger partial charge on any atom is -0.342 e. The summed E-state index contributed by atoms with van der Waals surface area (Å²) >= 11 is 0. The van der Waals surface area contributed by atoms with Crippen molar-refractivity contribution < 1.29 is 4.79 Å². The number of nitrogens with zero attached hydrogens (tertiary/aromatic N) is 2. The van der Waals surface area contributed by atoms with Crippen molar-refractivity contribution in [3.63, 3.8) is 0 Å². The van der Waals surface area contributed by atoms with Crippen LogP contribution in [0.5, 0.6) is 0 Å². The van der Waals surface area contributed by atoms with Gasteiger partial charge in [0.1, 0.15) is 0 Å². The van der Waals surface area contributed by atoms with Crippen molar-refractivity contribution in [2.75, 3.05) is 26.7 Å².